The van der Waals surface area contributed by atoms with Crippen LogP contribution in [0.4, 0.5) is 5.69 Å². The molecule has 1 aliphatic rings. The maximum Gasteiger partial charge on any atom is 0.255 e. The first-order valence-corrected chi connectivity index (χ1v) is 8.80. The third-order valence-electron chi connectivity index (χ3n) is 4.41. The quantitative estimate of drug-likeness (QED) is 0.838. The summed E-state index contributed by atoms with van der Waals surface area (Å²) in [5.41, 5.74) is 6.84. The lowest BCUT2D eigenvalue weighted by Crippen LogP contribution is -2.42. The van der Waals surface area contributed by atoms with E-state index in [0.717, 1.165) is 19.5 Å². The highest BCUT2D eigenvalue weighted by molar-refractivity contribution is 6.03. The van der Waals surface area contributed by atoms with Crippen molar-refractivity contribution in [3.05, 3.63) is 29.8 Å². The first kappa shape index (κ1) is 21.5. The third kappa shape index (κ3) is 6.33. The Bertz CT molecular complexity index is 582. The predicted molar refractivity (Wildman–Crippen MR) is 104 cm³/mol. The number of amides is 2. The molecule has 25 heavy (non-hydrogen) atoms. The van der Waals surface area contributed by atoms with Crippen LogP contribution >= 0.6 is 12.4 Å². The van der Waals surface area contributed by atoms with E-state index in [1.807, 2.05) is 24.0 Å². The van der Waals surface area contributed by atoms with Gasteiger partial charge in [0, 0.05) is 25.6 Å². The number of hydrogen-bond donors (Lipinski definition) is 2. The Morgan fingerprint density at radius 2 is 1.84 bits per heavy atom. The summed E-state index contributed by atoms with van der Waals surface area (Å²) in [5.74, 6) is 0.903. The smallest absolute Gasteiger partial charge is 0.255 e. The topological polar surface area (TPSA) is 75.4 Å². The molecule has 1 aromatic carbocycles. The number of likely N-dealkylation sites (tertiary alicyclic amines) is 1. The van der Waals surface area contributed by atoms with Crippen LogP contribution < -0.4 is 11.1 Å². The average molecular weight is 368 g/mol. The minimum Gasteiger partial charge on any atom is -0.338 e. The maximum absolute atomic E-state index is 12.9. The van der Waals surface area contributed by atoms with Crippen molar-refractivity contribution in [3.63, 3.8) is 0 Å². The van der Waals surface area contributed by atoms with Crippen molar-refractivity contribution < 1.29 is 9.59 Å². The van der Waals surface area contributed by atoms with Gasteiger partial charge in [-0.25, -0.2) is 0 Å². The van der Waals surface area contributed by atoms with Crippen LogP contribution in [0.5, 0.6) is 0 Å². The van der Waals surface area contributed by atoms with Crippen LogP contribution in [0.2, 0.25) is 0 Å². The number of para-hydroxylation sites is 1. The number of carbonyl (C=O) groups excluding carboxylic acids is 2. The summed E-state index contributed by atoms with van der Waals surface area (Å²) in [6.07, 6.45) is 2.14. The summed E-state index contributed by atoms with van der Waals surface area (Å²) in [6, 6.07) is 7.23. The molecule has 0 saturated carbocycles. The zero-order valence-electron chi connectivity index (χ0n) is 15.3. The second-order valence-electron chi connectivity index (χ2n) is 7.27. The first-order valence-electron chi connectivity index (χ1n) is 8.80. The summed E-state index contributed by atoms with van der Waals surface area (Å²) >= 11 is 0. The summed E-state index contributed by atoms with van der Waals surface area (Å²) in [7, 11) is 0. The van der Waals surface area contributed by atoms with Crippen molar-refractivity contribution in [1.82, 2.24) is 4.90 Å². The number of rotatable bonds is 5. The molecule has 1 aliphatic heterocycles. The SMILES string of the molecule is CC(N)CCC(=O)Nc1ccccc1C(=O)N1CC(C)CC(C)C1.Cl. The van der Waals surface area contributed by atoms with Crippen LogP contribution in [-0.2, 0) is 4.79 Å². The molecular weight excluding hydrogens is 338 g/mol. The summed E-state index contributed by atoms with van der Waals surface area (Å²) in [5, 5.41) is 2.87. The van der Waals surface area contributed by atoms with Crippen molar-refractivity contribution in [1.29, 1.82) is 0 Å². The van der Waals surface area contributed by atoms with Crippen LogP contribution in [0.1, 0.15) is 50.4 Å². The predicted octanol–water partition coefficient (Wildman–Crippen LogP) is 3.29. The zero-order valence-corrected chi connectivity index (χ0v) is 16.1. The number of benzene rings is 1. The first-order chi connectivity index (χ1) is 11.4. The Kier molecular flexibility index (Phi) is 8.39. The van der Waals surface area contributed by atoms with Crippen LogP contribution in [0.3, 0.4) is 0 Å². The fourth-order valence-electron chi connectivity index (χ4n) is 3.35. The third-order valence-corrected chi connectivity index (χ3v) is 4.41. The van der Waals surface area contributed by atoms with E-state index in [1.54, 1.807) is 12.1 Å². The van der Waals surface area contributed by atoms with E-state index in [9.17, 15) is 9.59 Å². The molecule has 0 aliphatic carbocycles. The van der Waals surface area contributed by atoms with Gasteiger partial charge in [-0.05, 0) is 43.7 Å². The molecule has 140 valence electrons. The van der Waals surface area contributed by atoms with E-state index in [2.05, 4.69) is 19.2 Å². The fraction of sp³-hybridized carbons (Fsp3) is 0.579. The second-order valence-corrected chi connectivity index (χ2v) is 7.27. The van der Waals surface area contributed by atoms with Gasteiger partial charge in [0.2, 0.25) is 5.91 Å². The van der Waals surface area contributed by atoms with E-state index >= 15 is 0 Å². The van der Waals surface area contributed by atoms with E-state index in [0.29, 0.717) is 35.9 Å². The van der Waals surface area contributed by atoms with Crippen molar-refractivity contribution in [2.24, 2.45) is 17.6 Å². The van der Waals surface area contributed by atoms with Gasteiger partial charge in [0.1, 0.15) is 0 Å². The number of carbonyl (C=O) groups is 2. The van der Waals surface area contributed by atoms with Gasteiger partial charge in [-0.15, -0.1) is 12.4 Å². The molecule has 1 fully saturated rings. The normalized spacial score (nSPS) is 21.2. The number of nitrogens with two attached hydrogens (primary N) is 1. The molecule has 5 nitrogen and oxygen atoms in total. The summed E-state index contributed by atoms with van der Waals surface area (Å²) < 4.78 is 0. The summed E-state index contributed by atoms with van der Waals surface area (Å²) in [4.78, 5) is 26.9. The number of nitrogens with one attached hydrogen (secondary N) is 1. The van der Waals surface area contributed by atoms with E-state index in [-0.39, 0.29) is 30.3 Å². The molecule has 0 aromatic heterocycles. The minimum atomic E-state index is -0.104. The Morgan fingerprint density at radius 1 is 1.24 bits per heavy atom. The number of halogens is 1. The van der Waals surface area contributed by atoms with Crippen LogP contribution in [-0.4, -0.2) is 35.8 Å². The number of nitrogens with zero attached hydrogens (tertiary/aromatic N) is 1. The molecule has 1 heterocycles. The van der Waals surface area contributed by atoms with Crippen molar-refractivity contribution in [3.8, 4) is 0 Å². The Morgan fingerprint density at radius 3 is 2.44 bits per heavy atom. The molecule has 2 rings (SSSR count). The lowest BCUT2D eigenvalue weighted by atomic mass is 9.91. The van der Waals surface area contributed by atoms with E-state index in [4.69, 9.17) is 5.73 Å². The fourth-order valence-corrected chi connectivity index (χ4v) is 3.35. The van der Waals surface area contributed by atoms with Gasteiger partial charge < -0.3 is 16.0 Å². The lowest BCUT2D eigenvalue weighted by Gasteiger charge is -2.35. The summed E-state index contributed by atoms with van der Waals surface area (Å²) in [6.45, 7) is 7.78. The van der Waals surface area contributed by atoms with E-state index < -0.39 is 0 Å². The number of piperidine rings is 1. The van der Waals surface area contributed by atoms with Crippen LogP contribution in [0.15, 0.2) is 24.3 Å². The van der Waals surface area contributed by atoms with Crippen molar-refractivity contribution >= 4 is 29.9 Å². The molecule has 0 spiro atoms. The molecule has 0 radical (unpaired) electrons. The van der Waals surface area contributed by atoms with Gasteiger partial charge in [-0.3, -0.25) is 9.59 Å². The number of hydrogen-bond acceptors (Lipinski definition) is 3. The van der Waals surface area contributed by atoms with Crippen LogP contribution in [0, 0.1) is 11.8 Å². The van der Waals surface area contributed by atoms with Gasteiger partial charge in [-0.1, -0.05) is 26.0 Å². The van der Waals surface area contributed by atoms with Gasteiger partial charge >= 0.3 is 0 Å². The number of anilines is 1. The van der Waals surface area contributed by atoms with Gasteiger partial charge in [0.05, 0.1) is 11.3 Å². The Balaban J connectivity index is 0.00000312. The van der Waals surface area contributed by atoms with Gasteiger partial charge in [-0.2, -0.15) is 0 Å². The van der Waals surface area contributed by atoms with Crippen molar-refractivity contribution in [2.75, 3.05) is 18.4 Å². The molecule has 1 saturated heterocycles. The molecule has 3 N–H and O–H groups in total. The minimum absolute atomic E-state index is 0. The standard InChI is InChI=1S/C19H29N3O2.ClH/c1-13-10-14(2)12-22(11-13)19(24)16-6-4-5-7-17(16)21-18(23)9-8-15(3)20;/h4-7,13-15H,8-12,20H2,1-3H3,(H,21,23);1H. The van der Waals surface area contributed by atoms with Crippen molar-refractivity contribution in [2.45, 2.75) is 46.1 Å². The highest BCUT2D eigenvalue weighted by atomic mass is 35.5. The largest absolute Gasteiger partial charge is 0.338 e. The molecule has 2 amide bonds. The zero-order chi connectivity index (χ0) is 17.7. The molecule has 3 atom stereocenters. The molecule has 3 unspecified atom stereocenters. The molecule has 6 heteroatoms. The van der Waals surface area contributed by atoms with Gasteiger partial charge in [0.25, 0.3) is 5.91 Å². The molecular formula is C19H30ClN3O2. The molecule has 0 bridgehead atoms. The van der Waals surface area contributed by atoms with Crippen LogP contribution in [0.25, 0.3) is 0 Å². The average Bonchev–Trinajstić information content (AvgIpc) is 2.52. The van der Waals surface area contributed by atoms with E-state index in [1.165, 1.54) is 0 Å². The maximum atomic E-state index is 12.9. The highest BCUT2D eigenvalue weighted by Crippen LogP contribution is 2.25. The lowest BCUT2D eigenvalue weighted by molar-refractivity contribution is -0.116. The molecule has 1 aromatic rings. The Hall–Kier alpha value is -1.59. The second kappa shape index (κ2) is 9.78. The van der Waals surface area contributed by atoms with Gasteiger partial charge in [0.15, 0.2) is 0 Å². The monoisotopic (exact) mass is 367 g/mol. The highest BCUT2D eigenvalue weighted by Gasteiger charge is 2.27. The Labute approximate surface area is 156 Å².